The monoisotopic (exact) mass is 588 g/mol. The zero-order valence-corrected chi connectivity index (χ0v) is 25.5. The minimum Gasteiger partial charge on any atom is -0.505 e. The van der Waals surface area contributed by atoms with E-state index in [1.54, 1.807) is 44.9 Å². The number of pyridine rings is 2. The van der Waals surface area contributed by atoms with Gasteiger partial charge in [0.2, 0.25) is 5.88 Å². The average Bonchev–Trinajstić information content (AvgIpc) is 3.69. The first-order valence-electron chi connectivity index (χ1n) is 14.4. The largest absolute Gasteiger partial charge is 0.505 e. The number of aromatic hydroxyl groups is 1. The van der Waals surface area contributed by atoms with Gasteiger partial charge in [-0.2, -0.15) is 0 Å². The quantitative estimate of drug-likeness (QED) is 0.321. The number of aryl methyl sites for hydroxylation is 2. The summed E-state index contributed by atoms with van der Waals surface area (Å²) in [5.41, 5.74) is 4.67. The van der Waals surface area contributed by atoms with Crippen molar-refractivity contribution in [1.82, 2.24) is 24.0 Å². The van der Waals surface area contributed by atoms with Crippen molar-refractivity contribution >= 4 is 17.3 Å². The van der Waals surface area contributed by atoms with E-state index >= 15 is 0 Å². The van der Waals surface area contributed by atoms with E-state index in [0.29, 0.717) is 39.5 Å². The normalized spacial score (nSPS) is 19.0. The lowest BCUT2D eigenvalue weighted by Gasteiger charge is -2.38. The molecule has 0 amide bonds. The number of anilines is 1. The summed E-state index contributed by atoms with van der Waals surface area (Å²) in [6.45, 7) is 9.43. The molecule has 0 saturated carbocycles. The summed E-state index contributed by atoms with van der Waals surface area (Å²) in [6.07, 6.45) is 8.58. The third kappa shape index (κ3) is 4.74. The van der Waals surface area contributed by atoms with Crippen LogP contribution in [0.2, 0.25) is 5.02 Å². The number of hydrogen-bond acceptors (Lipinski definition) is 7. The number of rotatable bonds is 6. The Bertz CT molecular complexity index is 1710. The summed E-state index contributed by atoms with van der Waals surface area (Å²) >= 11 is 6.65. The van der Waals surface area contributed by atoms with Crippen LogP contribution in [0, 0.1) is 6.92 Å². The van der Waals surface area contributed by atoms with Crippen molar-refractivity contribution < 1.29 is 9.84 Å². The fraction of sp³-hybridized carbons (Fsp3) is 0.406. The first kappa shape index (κ1) is 28.3. The Hall–Kier alpha value is -3.82. The number of halogens is 1. The number of methoxy groups -OCH3 is 1. The average molecular weight is 589 g/mol. The van der Waals surface area contributed by atoms with Crippen molar-refractivity contribution in [3.05, 3.63) is 70.1 Å². The van der Waals surface area contributed by atoms with Crippen LogP contribution in [0.4, 0.5) is 5.69 Å². The Balaban J connectivity index is 1.37. The van der Waals surface area contributed by atoms with Crippen molar-refractivity contribution in [2.45, 2.75) is 51.6 Å². The van der Waals surface area contributed by atoms with Gasteiger partial charge in [-0.25, -0.2) is 14.8 Å². The molecule has 220 valence electrons. The van der Waals surface area contributed by atoms with Crippen molar-refractivity contribution in [2.24, 2.45) is 7.05 Å². The first-order chi connectivity index (χ1) is 20.1. The summed E-state index contributed by atoms with van der Waals surface area (Å²) in [6, 6.07) is 9.76. The van der Waals surface area contributed by atoms with E-state index in [1.807, 2.05) is 25.1 Å². The van der Waals surface area contributed by atoms with E-state index in [9.17, 15) is 9.90 Å². The number of aromatic nitrogens is 4. The molecule has 0 aliphatic carbocycles. The number of ether oxygens (including phenoxy) is 1. The molecule has 0 bridgehead atoms. The van der Waals surface area contributed by atoms with Gasteiger partial charge in [-0.05, 0) is 76.4 Å². The highest BCUT2D eigenvalue weighted by molar-refractivity contribution is 6.32. The molecule has 4 aromatic rings. The molecule has 0 radical (unpaired) electrons. The molecule has 1 spiro atoms. The summed E-state index contributed by atoms with van der Waals surface area (Å²) < 4.78 is 8.68. The SMILES string of the molecule is COc1ncc(-c2nc(C)cc(-c3ccc(-n4ccn(C)c4=O)c(Cl)c3)c2O)cc1N1CCC2(CCCN2C(C)C)C1. The van der Waals surface area contributed by atoms with Crippen LogP contribution in [-0.4, -0.2) is 67.4 Å². The molecule has 6 rings (SSSR count). The molecule has 1 N–H and O–H groups in total. The molecular formula is C32H37ClN6O3. The van der Waals surface area contributed by atoms with Crippen LogP contribution in [-0.2, 0) is 7.05 Å². The van der Waals surface area contributed by atoms with E-state index in [4.69, 9.17) is 21.3 Å². The molecule has 10 heteroatoms. The van der Waals surface area contributed by atoms with Crippen LogP contribution in [0.1, 0.15) is 38.8 Å². The van der Waals surface area contributed by atoms with Crippen molar-refractivity contribution in [1.29, 1.82) is 0 Å². The molecule has 5 heterocycles. The second-order valence-corrected chi connectivity index (χ2v) is 12.2. The third-order valence-corrected chi connectivity index (χ3v) is 9.13. The molecule has 1 unspecified atom stereocenters. The molecule has 1 aromatic carbocycles. The van der Waals surface area contributed by atoms with E-state index in [1.165, 1.54) is 22.0 Å². The van der Waals surface area contributed by atoms with Crippen molar-refractivity contribution in [2.75, 3.05) is 31.6 Å². The van der Waals surface area contributed by atoms with Gasteiger partial charge in [0.25, 0.3) is 0 Å². The van der Waals surface area contributed by atoms with Gasteiger partial charge >= 0.3 is 5.69 Å². The zero-order chi connectivity index (χ0) is 29.8. The Morgan fingerprint density at radius 3 is 2.57 bits per heavy atom. The number of benzene rings is 1. The Morgan fingerprint density at radius 1 is 1.07 bits per heavy atom. The summed E-state index contributed by atoms with van der Waals surface area (Å²) in [5, 5.41) is 11.9. The molecule has 3 aromatic heterocycles. The van der Waals surface area contributed by atoms with E-state index < -0.39 is 0 Å². The van der Waals surface area contributed by atoms with Gasteiger partial charge in [-0.3, -0.25) is 9.47 Å². The third-order valence-electron chi connectivity index (χ3n) is 8.83. The number of nitrogens with zero attached hydrogens (tertiary/aromatic N) is 6. The molecule has 9 nitrogen and oxygen atoms in total. The molecule has 2 aliphatic heterocycles. The predicted octanol–water partition coefficient (Wildman–Crippen LogP) is 5.43. The number of imidazole rings is 1. The van der Waals surface area contributed by atoms with Gasteiger partial charge in [0.05, 0.1) is 17.8 Å². The fourth-order valence-electron chi connectivity index (χ4n) is 6.82. The van der Waals surface area contributed by atoms with Gasteiger partial charge in [0.1, 0.15) is 17.1 Å². The van der Waals surface area contributed by atoms with E-state index in [0.717, 1.165) is 43.0 Å². The van der Waals surface area contributed by atoms with Crippen molar-refractivity contribution in [3.63, 3.8) is 0 Å². The second kappa shape index (κ2) is 10.8. The van der Waals surface area contributed by atoms with Crippen LogP contribution < -0.4 is 15.3 Å². The predicted molar refractivity (Wildman–Crippen MR) is 166 cm³/mol. The van der Waals surface area contributed by atoms with Crippen LogP contribution >= 0.6 is 11.6 Å². The smallest absolute Gasteiger partial charge is 0.332 e. The first-order valence-corrected chi connectivity index (χ1v) is 14.8. The Kier molecular flexibility index (Phi) is 7.27. The van der Waals surface area contributed by atoms with Gasteiger partial charge in [0.15, 0.2) is 0 Å². The van der Waals surface area contributed by atoms with Crippen LogP contribution in [0.15, 0.2) is 53.7 Å². The highest BCUT2D eigenvalue weighted by Crippen LogP contribution is 2.44. The van der Waals surface area contributed by atoms with Crippen molar-refractivity contribution in [3.8, 4) is 39.7 Å². The minimum absolute atomic E-state index is 0.0406. The van der Waals surface area contributed by atoms with E-state index in [-0.39, 0.29) is 17.0 Å². The maximum absolute atomic E-state index is 12.5. The molecule has 2 fully saturated rings. The maximum Gasteiger partial charge on any atom is 0.332 e. The highest BCUT2D eigenvalue weighted by atomic mass is 35.5. The van der Waals surface area contributed by atoms with Gasteiger partial charge < -0.3 is 19.3 Å². The summed E-state index contributed by atoms with van der Waals surface area (Å²) in [4.78, 5) is 26.9. The van der Waals surface area contributed by atoms with Gasteiger partial charge in [-0.1, -0.05) is 17.7 Å². The van der Waals surface area contributed by atoms with Crippen LogP contribution in [0.25, 0.3) is 28.1 Å². The second-order valence-electron chi connectivity index (χ2n) is 11.8. The highest BCUT2D eigenvalue weighted by Gasteiger charge is 2.47. The fourth-order valence-corrected chi connectivity index (χ4v) is 7.10. The van der Waals surface area contributed by atoms with Gasteiger partial charge in [-0.15, -0.1) is 0 Å². The Morgan fingerprint density at radius 2 is 1.88 bits per heavy atom. The number of likely N-dealkylation sites (tertiary alicyclic amines) is 1. The summed E-state index contributed by atoms with van der Waals surface area (Å²) in [7, 11) is 3.33. The lowest BCUT2D eigenvalue weighted by atomic mass is 9.94. The summed E-state index contributed by atoms with van der Waals surface area (Å²) in [5.74, 6) is 0.606. The maximum atomic E-state index is 12.5. The number of hydrogen-bond donors (Lipinski definition) is 1. The molecule has 2 saturated heterocycles. The zero-order valence-electron chi connectivity index (χ0n) is 24.8. The minimum atomic E-state index is -0.189. The molecule has 1 atom stereocenters. The standard InChI is InChI=1S/C32H37ClN6O3/c1-20(2)39-11-6-9-32(39)10-12-37(19-32)27-17-23(18-34-30(27)42-5)28-29(40)24(15-21(3)35-28)22-7-8-26(25(33)16-22)38-14-13-36(4)31(38)41/h7-8,13-18,20,40H,6,9-12,19H2,1-5H3. The Labute approximate surface area is 251 Å². The van der Waals surface area contributed by atoms with E-state index in [2.05, 4.69) is 28.6 Å². The molecular weight excluding hydrogens is 552 g/mol. The van der Waals surface area contributed by atoms with Crippen LogP contribution in [0.3, 0.4) is 0 Å². The lowest BCUT2D eigenvalue weighted by molar-refractivity contribution is 0.120. The topological polar surface area (TPSA) is 88.6 Å². The molecule has 42 heavy (non-hydrogen) atoms. The van der Waals surface area contributed by atoms with Crippen LogP contribution in [0.5, 0.6) is 11.6 Å². The van der Waals surface area contributed by atoms with Gasteiger partial charge in [0, 0.05) is 67.1 Å². The lowest BCUT2D eigenvalue weighted by Crippen LogP contribution is -2.49. The molecule has 2 aliphatic rings.